The fourth-order valence-electron chi connectivity index (χ4n) is 2.40. The van der Waals surface area contributed by atoms with Crippen LogP contribution in [0.1, 0.15) is 37.0 Å². The summed E-state index contributed by atoms with van der Waals surface area (Å²) in [5.41, 5.74) is 4.20. The minimum Gasteiger partial charge on any atom is -0.488 e. The predicted molar refractivity (Wildman–Crippen MR) is 106 cm³/mol. The summed E-state index contributed by atoms with van der Waals surface area (Å²) in [4.78, 5) is 11.7. The number of halogens is 2. The normalized spacial score (nSPS) is 10.5. The van der Waals surface area contributed by atoms with E-state index in [4.69, 9.17) is 4.74 Å². The monoisotopic (exact) mass is 453 g/mol. The number of amides is 1. The van der Waals surface area contributed by atoms with Crippen LogP contribution in [0.25, 0.3) is 0 Å². The third kappa shape index (κ3) is 4.61. The average molecular weight is 455 g/mol. The molecule has 0 atom stereocenters. The molecule has 0 saturated carbocycles. The fourth-order valence-corrected chi connectivity index (χ4v) is 3.38. The molecule has 2 rings (SSSR count). The van der Waals surface area contributed by atoms with E-state index in [1.807, 2.05) is 31.2 Å². The number of nitrogens with one attached hydrogen (secondary N) is 1. The number of carbonyl (C=O) groups excluding carboxylic acids is 1. The lowest BCUT2D eigenvalue weighted by molar-refractivity contribution is -0.115. The maximum absolute atomic E-state index is 11.7. The molecule has 0 radical (unpaired) electrons. The Morgan fingerprint density at radius 1 is 1.17 bits per heavy atom. The van der Waals surface area contributed by atoms with E-state index >= 15 is 0 Å². The Morgan fingerprint density at radius 3 is 2.58 bits per heavy atom. The number of hydrogen-bond donors (Lipinski definition) is 1. The van der Waals surface area contributed by atoms with Crippen LogP contribution >= 0.6 is 31.9 Å². The van der Waals surface area contributed by atoms with Crippen molar-refractivity contribution in [1.82, 2.24) is 0 Å². The predicted octanol–water partition coefficient (Wildman–Crippen LogP) is 6.01. The van der Waals surface area contributed by atoms with Gasteiger partial charge in [0.15, 0.2) is 0 Å². The summed E-state index contributed by atoms with van der Waals surface area (Å²) < 4.78 is 7.86. The van der Waals surface area contributed by atoms with Crippen LogP contribution in [0.3, 0.4) is 0 Å². The maximum Gasteiger partial charge on any atom is 0.224 e. The number of aryl methyl sites for hydroxylation is 2. The lowest BCUT2D eigenvalue weighted by Crippen LogP contribution is -2.12. The minimum absolute atomic E-state index is 0.0151. The van der Waals surface area contributed by atoms with Gasteiger partial charge in [-0.2, -0.15) is 0 Å². The number of ether oxygens (including phenoxy) is 1. The Labute approximate surface area is 160 Å². The molecule has 0 aliphatic rings. The van der Waals surface area contributed by atoms with Crippen molar-refractivity contribution in [3.8, 4) is 5.75 Å². The van der Waals surface area contributed by atoms with Crippen molar-refractivity contribution in [3.05, 3.63) is 56.0 Å². The molecule has 0 fully saturated rings. The summed E-state index contributed by atoms with van der Waals surface area (Å²) >= 11 is 7.12. The van der Waals surface area contributed by atoms with E-state index in [1.54, 1.807) is 0 Å². The molecule has 0 unspecified atom stereocenters. The van der Waals surface area contributed by atoms with Crippen LogP contribution in [-0.4, -0.2) is 5.91 Å². The van der Waals surface area contributed by atoms with Crippen molar-refractivity contribution in [2.24, 2.45) is 0 Å². The number of anilines is 1. The third-order valence-electron chi connectivity index (χ3n) is 3.86. The number of carbonyl (C=O) groups is 1. The Bertz CT molecular complexity index is 744. The van der Waals surface area contributed by atoms with E-state index in [1.165, 1.54) is 11.1 Å². The SMILES string of the molecule is CCC(=O)Nc1cccc(Br)c1COc1cc(C)c(CC)cc1Br. The molecule has 0 aromatic heterocycles. The van der Waals surface area contributed by atoms with E-state index < -0.39 is 0 Å². The summed E-state index contributed by atoms with van der Waals surface area (Å²) in [5.74, 6) is 0.784. The molecule has 2 aromatic rings. The highest BCUT2D eigenvalue weighted by Gasteiger charge is 2.12. The van der Waals surface area contributed by atoms with Gasteiger partial charge in [-0.3, -0.25) is 4.79 Å². The Hall–Kier alpha value is -1.33. The van der Waals surface area contributed by atoms with Crippen molar-refractivity contribution in [2.45, 2.75) is 40.2 Å². The maximum atomic E-state index is 11.7. The molecule has 1 N–H and O–H groups in total. The van der Waals surface area contributed by atoms with Crippen molar-refractivity contribution in [2.75, 3.05) is 5.32 Å². The Kier molecular flexibility index (Phi) is 6.87. The van der Waals surface area contributed by atoms with Crippen molar-refractivity contribution >= 4 is 43.5 Å². The largest absolute Gasteiger partial charge is 0.488 e. The van der Waals surface area contributed by atoms with Gasteiger partial charge in [-0.05, 0) is 64.7 Å². The van der Waals surface area contributed by atoms with Gasteiger partial charge >= 0.3 is 0 Å². The van der Waals surface area contributed by atoms with Crippen LogP contribution in [0.4, 0.5) is 5.69 Å². The number of hydrogen-bond acceptors (Lipinski definition) is 2. The van der Waals surface area contributed by atoms with Gasteiger partial charge in [0.25, 0.3) is 0 Å². The van der Waals surface area contributed by atoms with E-state index in [0.717, 1.165) is 32.4 Å². The smallest absolute Gasteiger partial charge is 0.224 e. The van der Waals surface area contributed by atoms with E-state index in [0.29, 0.717) is 13.0 Å². The molecule has 3 nitrogen and oxygen atoms in total. The van der Waals surface area contributed by atoms with Gasteiger partial charge in [-0.1, -0.05) is 35.8 Å². The van der Waals surface area contributed by atoms with E-state index in [9.17, 15) is 4.79 Å². The first-order chi connectivity index (χ1) is 11.5. The molecular formula is C19H21Br2NO2. The zero-order valence-corrected chi connectivity index (χ0v) is 17.3. The summed E-state index contributed by atoms with van der Waals surface area (Å²) in [6.07, 6.45) is 1.43. The zero-order chi connectivity index (χ0) is 17.7. The lowest BCUT2D eigenvalue weighted by Gasteiger charge is -2.15. The van der Waals surface area contributed by atoms with Crippen LogP contribution in [0.2, 0.25) is 0 Å². The van der Waals surface area contributed by atoms with Gasteiger partial charge in [-0.25, -0.2) is 0 Å². The first-order valence-corrected chi connectivity index (χ1v) is 9.53. The third-order valence-corrected chi connectivity index (χ3v) is 5.22. The Balaban J connectivity index is 2.23. The first kappa shape index (κ1) is 19.0. The molecular weight excluding hydrogens is 434 g/mol. The highest BCUT2D eigenvalue weighted by molar-refractivity contribution is 9.10. The average Bonchev–Trinajstić information content (AvgIpc) is 2.56. The first-order valence-electron chi connectivity index (χ1n) is 7.95. The minimum atomic E-state index is -0.0151. The molecule has 5 heteroatoms. The lowest BCUT2D eigenvalue weighted by atomic mass is 10.1. The van der Waals surface area contributed by atoms with Crippen LogP contribution in [0, 0.1) is 6.92 Å². The van der Waals surface area contributed by atoms with Crippen LogP contribution in [0.5, 0.6) is 5.75 Å². The molecule has 0 aliphatic carbocycles. The van der Waals surface area contributed by atoms with Gasteiger partial charge in [0.2, 0.25) is 5.91 Å². The summed E-state index contributed by atoms with van der Waals surface area (Å²) in [6.45, 7) is 6.42. The molecule has 128 valence electrons. The van der Waals surface area contributed by atoms with Gasteiger partial charge in [0.1, 0.15) is 12.4 Å². The number of rotatable bonds is 6. The molecule has 0 aliphatic heterocycles. The second kappa shape index (κ2) is 8.67. The second-order valence-corrected chi connectivity index (χ2v) is 7.23. The molecule has 1 amide bonds. The van der Waals surface area contributed by atoms with Crippen LogP contribution in [0.15, 0.2) is 39.3 Å². The zero-order valence-electron chi connectivity index (χ0n) is 14.1. The van der Waals surface area contributed by atoms with Gasteiger partial charge in [-0.15, -0.1) is 0 Å². The van der Waals surface area contributed by atoms with Gasteiger partial charge in [0.05, 0.1) is 4.47 Å². The summed E-state index contributed by atoms with van der Waals surface area (Å²) in [5, 5.41) is 2.92. The van der Waals surface area contributed by atoms with Crippen LogP contribution < -0.4 is 10.1 Å². The van der Waals surface area contributed by atoms with Crippen molar-refractivity contribution < 1.29 is 9.53 Å². The second-order valence-electron chi connectivity index (χ2n) is 5.52. The summed E-state index contributed by atoms with van der Waals surface area (Å²) in [6, 6.07) is 9.88. The highest BCUT2D eigenvalue weighted by Crippen LogP contribution is 2.32. The molecule has 0 spiro atoms. The topological polar surface area (TPSA) is 38.3 Å². The summed E-state index contributed by atoms with van der Waals surface area (Å²) in [7, 11) is 0. The molecule has 0 heterocycles. The quantitative estimate of drug-likeness (QED) is 0.580. The highest BCUT2D eigenvalue weighted by atomic mass is 79.9. The molecule has 24 heavy (non-hydrogen) atoms. The van der Waals surface area contributed by atoms with Crippen molar-refractivity contribution in [3.63, 3.8) is 0 Å². The standard InChI is InChI=1S/C19H21Br2NO2/c1-4-13-10-16(21)18(9-12(13)3)24-11-14-15(20)7-6-8-17(14)22-19(23)5-2/h6-10H,4-5,11H2,1-3H3,(H,22,23). The van der Waals surface area contributed by atoms with Gasteiger partial charge in [0, 0.05) is 22.1 Å². The number of benzene rings is 2. The fraction of sp³-hybridized carbons (Fsp3) is 0.316. The van der Waals surface area contributed by atoms with E-state index in [2.05, 4.69) is 57.1 Å². The Morgan fingerprint density at radius 2 is 1.92 bits per heavy atom. The van der Waals surface area contributed by atoms with Crippen molar-refractivity contribution in [1.29, 1.82) is 0 Å². The van der Waals surface area contributed by atoms with E-state index in [-0.39, 0.29) is 5.91 Å². The van der Waals surface area contributed by atoms with Gasteiger partial charge < -0.3 is 10.1 Å². The molecule has 2 aromatic carbocycles. The van der Waals surface area contributed by atoms with Crippen LogP contribution in [-0.2, 0) is 17.8 Å². The molecule has 0 saturated heterocycles. The molecule has 0 bridgehead atoms.